The second kappa shape index (κ2) is 8.34. The summed E-state index contributed by atoms with van der Waals surface area (Å²) in [5, 5.41) is 0. The molecule has 86 valence electrons. The van der Waals surface area contributed by atoms with Gasteiger partial charge in [-0.3, -0.25) is 0 Å². The fraction of sp³-hybridized carbons (Fsp3) is 0.571. The first-order valence-electron chi connectivity index (χ1n) is 6.09. The third-order valence-corrected chi connectivity index (χ3v) is 2.13. The van der Waals surface area contributed by atoms with Crippen LogP contribution < -0.4 is 4.74 Å². The lowest BCUT2D eigenvalue weighted by Gasteiger charge is -2.18. The second-order valence-corrected chi connectivity index (χ2v) is 3.02. The van der Waals surface area contributed by atoms with Gasteiger partial charge < -0.3 is 4.74 Å². The largest absolute Gasteiger partial charge is 0.493 e. The van der Waals surface area contributed by atoms with Gasteiger partial charge in [-0.1, -0.05) is 45.9 Å². The molecule has 0 saturated heterocycles. The van der Waals surface area contributed by atoms with Crippen LogP contribution in [-0.2, 0) is 6.42 Å². The highest BCUT2D eigenvalue weighted by Gasteiger charge is 2.10. The van der Waals surface area contributed by atoms with E-state index in [9.17, 15) is 0 Å². The first kappa shape index (κ1) is 14.0. The summed E-state index contributed by atoms with van der Waals surface area (Å²) in [7, 11) is 0. The maximum Gasteiger partial charge on any atom is 0.125 e. The molecule has 0 unspecified atom stereocenters. The lowest BCUT2D eigenvalue weighted by Crippen LogP contribution is -2.09. The predicted octanol–water partition coefficient (Wildman–Crippen LogP) is 4.37. The Morgan fingerprint density at radius 3 is 2.33 bits per heavy atom. The zero-order valence-electron chi connectivity index (χ0n) is 10.8. The van der Waals surface area contributed by atoms with E-state index in [1.807, 2.05) is 27.7 Å². The molecule has 1 heteroatoms. The summed E-state index contributed by atoms with van der Waals surface area (Å²) in [6.07, 6.45) is 2.34. The first-order chi connectivity index (χ1) is 7.38. The summed E-state index contributed by atoms with van der Waals surface area (Å²) in [4.78, 5) is 0. The third-order valence-electron chi connectivity index (χ3n) is 2.13. The molecule has 1 heterocycles. The van der Waals surface area contributed by atoms with E-state index >= 15 is 0 Å². The SMILES string of the molecule is CC.CC.Cc1cccc2c1OCCC2. The highest BCUT2D eigenvalue weighted by molar-refractivity contribution is 5.41. The van der Waals surface area contributed by atoms with Crippen molar-refractivity contribution in [1.29, 1.82) is 0 Å². The lowest BCUT2D eigenvalue weighted by molar-refractivity contribution is 0.286. The van der Waals surface area contributed by atoms with Gasteiger partial charge in [-0.2, -0.15) is 0 Å². The van der Waals surface area contributed by atoms with Gasteiger partial charge >= 0.3 is 0 Å². The zero-order valence-corrected chi connectivity index (χ0v) is 10.8. The normalized spacial score (nSPS) is 12.1. The number of hydrogen-bond donors (Lipinski definition) is 0. The summed E-state index contributed by atoms with van der Waals surface area (Å²) in [5.41, 5.74) is 2.64. The number of para-hydroxylation sites is 1. The van der Waals surface area contributed by atoms with Crippen molar-refractivity contribution in [1.82, 2.24) is 0 Å². The number of aryl methyl sites for hydroxylation is 2. The summed E-state index contributed by atoms with van der Waals surface area (Å²) in [6.45, 7) is 11.0. The Labute approximate surface area is 94.5 Å². The molecule has 0 fully saturated rings. The highest BCUT2D eigenvalue weighted by Crippen LogP contribution is 2.27. The van der Waals surface area contributed by atoms with Gasteiger partial charge in [-0.05, 0) is 30.9 Å². The van der Waals surface area contributed by atoms with Gasteiger partial charge in [0.15, 0.2) is 0 Å². The van der Waals surface area contributed by atoms with Crippen molar-refractivity contribution in [2.75, 3.05) is 6.61 Å². The molecule has 1 aromatic carbocycles. The molecule has 1 aliphatic rings. The molecule has 0 atom stereocenters. The summed E-state index contributed by atoms with van der Waals surface area (Å²) in [5.74, 6) is 1.12. The smallest absolute Gasteiger partial charge is 0.125 e. The van der Waals surface area contributed by atoms with Crippen molar-refractivity contribution in [2.45, 2.75) is 47.5 Å². The van der Waals surface area contributed by atoms with Crippen LogP contribution in [0.25, 0.3) is 0 Å². The van der Waals surface area contributed by atoms with E-state index in [4.69, 9.17) is 4.74 Å². The number of hydrogen-bond acceptors (Lipinski definition) is 1. The van der Waals surface area contributed by atoms with Gasteiger partial charge in [0.25, 0.3) is 0 Å². The van der Waals surface area contributed by atoms with E-state index in [-0.39, 0.29) is 0 Å². The Morgan fingerprint density at radius 2 is 1.73 bits per heavy atom. The van der Waals surface area contributed by atoms with Crippen LogP contribution in [0.4, 0.5) is 0 Å². The average molecular weight is 208 g/mol. The van der Waals surface area contributed by atoms with Crippen molar-refractivity contribution >= 4 is 0 Å². The van der Waals surface area contributed by atoms with Gasteiger partial charge in [-0.15, -0.1) is 0 Å². The molecule has 0 radical (unpaired) electrons. The summed E-state index contributed by atoms with van der Waals surface area (Å²) < 4.78 is 5.55. The van der Waals surface area contributed by atoms with Crippen LogP contribution in [0, 0.1) is 6.92 Å². The number of ether oxygens (including phenoxy) is 1. The molecule has 0 spiro atoms. The van der Waals surface area contributed by atoms with Crippen molar-refractivity contribution < 1.29 is 4.74 Å². The number of fused-ring (bicyclic) bond motifs is 1. The fourth-order valence-corrected chi connectivity index (χ4v) is 1.55. The summed E-state index contributed by atoms with van der Waals surface area (Å²) in [6, 6.07) is 6.36. The Hall–Kier alpha value is -0.980. The monoisotopic (exact) mass is 208 g/mol. The predicted molar refractivity (Wildman–Crippen MR) is 67.7 cm³/mol. The van der Waals surface area contributed by atoms with Crippen LogP contribution >= 0.6 is 0 Å². The van der Waals surface area contributed by atoms with E-state index in [0.29, 0.717) is 0 Å². The molecule has 0 aliphatic carbocycles. The molecule has 2 rings (SSSR count). The van der Waals surface area contributed by atoms with Crippen molar-refractivity contribution in [3.05, 3.63) is 29.3 Å². The minimum absolute atomic E-state index is 0.887. The molecule has 0 bridgehead atoms. The molecular weight excluding hydrogens is 184 g/mol. The quantitative estimate of drug-likeness (QED) is 0.615. The average Bonchev–Trinajstić information content (AvgIpc) is 2.35. The highest BCUT2D eigenvalue weighted by atomic mass is 16.5. The number of rotatable bonds is 0. The van der Waals surface area contributed by atoms with Crippen molar-refractivity contribution in [3.8, 4) is 5.75 Å². The van der Waals surface area contributed by atoms with Crippen LogP contribution in [0.5, 0.6) is 5.75 Å². The fourth-order valence-electron chi connectivity index (χ4n) is 1.55. The zero-order chi connectivity index (χ0) is 11.7. The van der Waals surface area contributed by atoms with Crippen LogP contribution in [0.15, 0.2) is 18.2 Å². The molecule has 0 saturated carbocycles. The minimum atomic E-state index is 0.887. The minimum Gasteiger partial charge on any atom is -0.493 e. The topological polar surface area (TPSA) is 9.23 Å². The molecule has 0 N–H and O–H groups in total. The Kier molecular flexibility index (Phi) is 7.79. The van der Waals surface area contributed by atoms with E-state index in [1.165, 1.54) is 17.5 Å². The molecular formula is C14H24O. The van der Waals surface area contributed by atoms with Gasteiger partial charge in [0, 0.05) is 0 Å². The standard InChI is InChI=1S/C10H12O.2C2H6/c1-8-4-2-5-9-6-3-7-11-10(8)9;2*1-2/h2,4-5H,3,6-7H2,1H3;2*1-2H3. The third kappa shape index (κ3) is 3.94. The van der Waals surface area contributed by atoms with E-state index in [2.05, 4.69) is 25.1 Å². The van der Waals surface area contributed by atoms with Gasteiger partial charge in [0.05, 0.1) is 6.61 Å². The Balaban J connectivity index is 0.000000442. The van der Waals surface area contributed by atoms with Gasteiger partial charge in [0.2, 0.25) is 0 Å². The molecule has 0 amide bonds. The maximum absolute atomic E-state index is 5.55. The first-order valence-corrected chi connectivity index (χ1v) is 6.09. The molecule has 1 aromatic rings. The van der Waals surface area contributed by atoms with Crippen LogP contribution in [0.3, 0.4) is 0 Å². The van der Waals surface area contributed by atoms with Gasteiger partial charge in [-0.25, -0.2) is 0 Å². The van der Waals surface area contributed by atoms with Crippen LogP contribution in [0.1, 0.15) is 45.2 Å². The summed E-state index contributed by atoms with van der Waals surface area (Å²) >= 11 is 0. The Morgan fingerprint density at radius 1 is 1.07 bits per heavy atom. The van der Waals surface area contributed by atoms with Crippen LogP contribution in [-0.4, -0.2) is 6.61 Å². The molecule has 0 aromatic heterocycles. The molecule has 1 nitrogen and oxygen atoms in total. The lowest BCUT2D eigenvalue weighted by atomic mass is 10.0. The maximum atomic E-state index is 5.55. The van der Waals surface area contributed by atoms with E-state index in [0.717, 1.165) is 18.8 Å². The molecule has 1 aliphatic heterocycles. The van der Waals surface area contributed by atoms with E-state index < -0.39 is 0 Å². The van der Waals surface area contributed by atoms with Crippen LogP contribution in [0.2, 0.25) is 0 Å². The van der Waals surface area contributed by atoms with E-state index in [1.54, 1.807) is 0 Å². The Bertz CT molecular complexity index is 266. The van der Waals surface area contributed by atoms with Crippen molar-refractivity contribution in [2.24, 2.45) is 0 Å². The van der Waals surface area contributed by atoms with Crippen molar-refractivity contribution in [3.63, 3.8) is 0 Å². The number of benzene rings is 1. The molecule has 15 heavy (non-hydrogen) atoms. The second-order valence-electron chi connectivity index (χ2n) is 3.02. The van der Waals surface area contributed by atoms with Gasteiger partial charge in [0.1, 0.15) is 5.75 Å².